The summed E-state index contributed by atoms with van der Waals surface area (Å²) in [6.45, 7) is 5.81. The van der Waals surface area contributed by atoms with E-state index in [-0.39, 0.29) is 5.78 Å². The molecule has 0 fully saturated rings. The number of ketones is 1. The Morgan fingerprint density at radius 1 is 1.25 bits per heavy atom. The minimum absolute atomic E-state index is 0.0724. The first-order valence-corrected chi connectivity index (χ1v) is 10.0. The molecule has 2 aromatic heterocycles. The fourth-order valence-electron chi connectivity index (χ4n) is 3.67. The first kappa shape index (κ1) is 17.3. The maximum atomic E-state index is 13.0. The van der Waals surface area contributed by atoms with Crippen molar-refractivity contribution in [2.45, 2.75) is 26.9 Å². The molecule has 2 aliphatic heterocycles. The Morgan fingerprint density at radius 2 is 2.14 bits per heavy atom. The van der Waals surface area contributed by atoms with Gasteiger partial charge in [0.2, 0.25) is 5.78 Å². The smallest absolute Gasteiger partial charge is 0.232 e. The van der Waals surface area contributed by atoms with Crippen LogP contribution in [0.1, 0.15) is 37.7 Å². The number of thiophene rings is 1. The second kappa shape index (κ2) is 6.65. The Kier molecular flexibility index (Phi) is 4.10. The minimum atomic E-state index is -0.0724. The molecule has 5 nitrogen and oxygen atoms in total. The van der Waals surface area contributed by atoms with E-state index in [0.717, 1.165) is 33.1 Å². The van der Waals surface area contributed by atoms with Gasteiger partial charge in [-0.05, 0) is 49.1 Å². The van der Waals surface area contributed by atoms with Crippen LogP contribution < -0.4 is 9.47 Å². The highest BCUT2D eigenvalue weighted by molar-refractivity contribution is 7.11. The van der Waals surface area contributed by atoms with E-state index in [2.05, 4.69) is 4.90 Å². The molecule has 4 heterocycles. The molecule has 28 heavy (non-hydrogen) atoms. The van der Waals surface area contributed by atoms with E-state index in [0.29, 0.717) is 36.9 Å². The summed E-state index contributed by atoms with van der Waals surface area (Å²) in [6, 6.07) is 7.78. The van der Waals surface area contributed by atoms with Gasteiger partial charge < -0.3 is 13.9 Å². The van der Waals surface area contributed by atoms with E-state index in [9.17, 15) is 4.79 Å². The van der Waals surface area contributed by atoms with Gasteiger partial charge in [-0.1, -0.05) is 0 Å². The Balaban J connectivity index is 1.46. The lowest BCUT2D eigenvalue weighted by atomic mass is 10.00. The van der Waals surface area contributed by atoms with Gasteiger partial charge in [0.15, 0.2) is 5.76 Å². The Morgan fingerprint density at radius 3 is 2.89 bits per heavy atom. The van der Waals surface area contributed by atoms with Crippen molar-refractivity contribution in [2.24, 2.45) is 0 Å². The molecule has 142 valence electrons. The van der Waals surface area contributed by atoms with Crippen molar-refractivity contribution < 1.29 is 18.7 Å². The van der Waals surface area contributed by atoms with Gasteiger partial charge in [0.1, 0.15) is 24.0 Å². The van der Waals surface area contributed by atoms with Gasteiger partial charge in [-0.2, -0.15) is 0 Å². The van der Waals surface area contributed by atoms with E-state index in [1.54, 1.807) is 17.6 Å². The molecule has 6 heteroatoms. The van der Waals surface area contributed by atoms with Crippen molar-refractivity contribution in [1.82, 2.24) is 4.90 Å². The zero-order valence-electron chi connectivity index (χ0n) is 15.7. The molecule has 2 aliphatic rings. The Labute approximate surface area is 166 Å². The van der Waals surface area contributed by atoms with E-state index in [1.165, 1.54) is 0 Å². The molecular weight excluding hydrogens is 374 g/mol. The van der Waals surface area contributed by atoms with Crippen LogP contribution in [0.25, 0.3) is 6.08 Å². The van der Waals surface area contributed by atoms with Crippen LogP contribution in [0.3, 0.4) is 0 Å². The second-order valence-corrected chi connectivity index (χ2v) is 8.06. The molecule has 0 radical (unpaired) electrons. The lowest BCUT2D eigenvalue weighted by Crippen LogP contribution is -2.31. The van der Waals surface area contributed by atoms with Crippen LogP contribution in [0.2, 0.25) is 0 Å². The zero-order valence-corrected chi connectivity index (χ0v) is 16.5. The largest absolute Gasteiger partial charge is 0.477 e. The molecule has 1 aromatic carbocycles. The SMILES string of the molecule is Cc1ccsc1/C=C1\Oc2c(cc3c(c2C)OCN(Cc2ccco2)C3)C1=O. The molecular formula is C22H19NO4S. The van der Waals surface area contributed by atoms with Crippen LogP contribution in [-0.2, 0) is 13.1 Å². The molecule has 0 atom stereocenters. The van der Waals surface area contributed by atoms with Crippen LogP contribution in [0.5, 0.6) is 11.5 Å². The number of aryl methyl sites for hydroxylation is 1. The van der Waals surface area contributed by atoms with Crippen LogP contribution in [-0.4, -0.2) is 17.4 Å². The molecule has 0 saturated heterocycles. The third-order valence-corrected chi connectivity index (χ3v) is 6.09. The van der Waals surface area contributed by atoms with Crippen molar-refractivity contribution in [3.63, 3.8) is 0 Å². The molecule has 0 bridgehead atoms. The summed E-state index contributed by atoms with van der Waals surface area (Å²) < 4.78 is 17.4. The summed E-state index contributed by atoms with van der Waals surface area (Å²) in [4.78, 5) is 16.1. The molecule has 0 spiro atoms. The van der Waals surface area contributed by atoms with Gasteiger partial charge in [0.05, 0.1) is 18.4 Å². The van der Waals surface area contributed by atoms with Crippen LogP contribution >= 0.6 is 11.3 Å². The van der Waals surface area contributed by atoms with Gasteiger partial charge in [-0.15, -0.1) is 11.3 Å². The zero-order chi connectivity index (χ0) is 19.3. The second-order valence-electron chi connectivity index (χ2n) is 7.11. The molecule has 0 unspecified atom stereocenters. The maximum Gasteiger partial charge on any atom is 0.232 e. The molecule has 3 aromatic rings. The lowest BCUT2D eigenvalue weighted by molar-refractivity contribution is 0.0813. The van der Waals surface area contributed by atoms with E-state index >= 15 is 0 Å². The quantitative estimate of drug-likeness (QED) is 0.591. The first-order valence-electron chi connectivity index (χ1n) is 9.12. The van der Waals surface area contributed by atoms with Crippen LogP contribution in [0.15, 0.2) is 46.1 Å². The van der Waals surface area contributed by atoms with Gasteiger partial charge in [-0.25, -0.2) is 0 Å². The molecule has 0 N–H and O–H groups in total. The predicted molar refractivity (Wildman–Crippen MR) is 107 cm³/mol. The maximum absolute atomic E-state index is 13.0. The number of benzene rings is 1. The van der Waals surface area contributed by atoms with E-state index in [4.69, 9.17) is 13.9 Å². The van der Waals surface area contributed by atoms with Crippen molar-refractivity contribution in [3.8, 4) is 11.5 Å². The fourth-order valence-corrected chi connectivity index (χ4v) is 4.52. The topological polar surface area (TPSA) is 51.9 Å². The summed E-state index contributed by atoms with van der Waals surface area (Å²) in [5.74, 6) is 2.62. The van der Waals surface area contributed by atoms with Gasteiger partial charge >= 0.3 is 0 Å². The monoisotopic (exact) mass is 393 g/mol. The highest BCUT2D eigenvalue weighted by atomic mass is 32.1. The third-order valence-electron chi connectivity index (χ3n) is 5.13. The Hall–Kier alpha value is -2.83. The number of hydrogen-bond donors (Lipinski definition) is 0. The van der Waals surface area contributed by atoms with E-state index in [1.807, 2.05) is 49.6 Å². The van der Waals surface area contributed by atoms with E-state index < -0.39 is 0 Å². The first-order chi connectivity index (χ1) is 13.6. The van der Waals surface area contributed by atoms with Crippen LogP contribution in [0, 0.1) is 13.8 Å². The van der Waals surface area contributed by atoms with Crippen molar-refractivity contribution in [2.75, 3.05) is 6.73 Å². The Bertz CT molecular complexity index is 1090. The molecule has 0 aliphatic carbocycles. The number of Topliss-reactive ketones (excluding diaryl/α,β-unsaturated/α-hetero) is 1. The van der Waals surface area contributed by atoms with Crippen molar-refractivity contribution in [1.29, 1.82) is 0 Å². The number of carbonyl (C=O) groups is 1. The average Bonchev–Trinajstić information content (AvgIpc) is 3.40. The molecule has 0 amide bonds. The number of rotatable bonds is 3. The number of furan rings is 1. The number of allylic oxidation sites excluding steroid dienone is 1. The van der Waals surface area contributed by atoms with Gasteiger partial charge in [0, 0.05) is 28.6 Å². The van der Waals surface area contributed by atoms with Gasteiger partial charge in [-0.3, -0.25) is 9.69 Å². The standard InChI is InChI=1S/C22H19NO4S/c1-13-5-7-28-19(13)9-18-20(24)17-8-15-10-23(11-16-4-3-6-25-16)12-26-21(15)14(2)22(17)27-18/h3-9H,10-12H2,1-2H3/b18-9-. The molecule has 5 rings (SSSR count). The number of fused-ring (bicyclic) bond motifs is 2. The predicted octanol–water partition coefficient (Wildman–Crippen LogP) is 4.93. The van der Waals surface area contributed by atoms with Crippen LogP contribution in [0.4, 0.5) is 0 Å². The van der Waals surface area contributed by atoms with Crippen molar-refractivity contribution in [3.05, 3.63) is 74.6 Å². The number of hydrogen-bond acceptors (Lipinski definition) is 6. The highest BCUT2D eigenvalue weighted by Gasteiger charge is 2.33. The third kappa shape index (κ3) is 2.85. The summed E-state index contributed by atoms with van der Waals surface area (Å²) in [5, 5.41) is 2.01. The average molecular weight is 393 g/mol. The summed E-state index contributed by atoms with van der Waals surface area (Å²) in [5.41, 5.74) is 3.63. The normalized spacial score (nSPS) is 17.4. The number of carbonyl (C=O) groups excluding carboxylic acids is 1. The highest BCUT2D eigenvalue weighted by Crippen LogP contribution is 2.43. The molecule has 0 saturated carbocycles. The lowest BCUT2D eigenvalue weighted by Gasteiger charge is -2.29. The fraction of sp³-hybridized carbons (Fsp3) is 0.227. The summed E-state index contributed by atoms with van der Waals surface area (Å²) in [6.07, 6.45) is 3.51. The summed E-state index contributed by atoms with van der Waals surface area (Å²) >= 11 is 1.60. The number of nitrogens with zero attached hydrogens (tertiary/aromatic N) is 1. The van der Waals surface area contributed by atoms with Crippen molar-refractivity contribution >= 4 is 23.2 Å². The minimum Gasteiger partial charge on any atom is -0.477 e. The number of ether oxygens (including phenoxy) is 2. The van der Waals surface area contributed by atoms with Gasteiger partial charge in [0.25, 0.3) is 0 Å². The summed E-state index contributed by atoms with van der Waals surface area (Å²) in [7, 11) is 0.